The van der Waals surface area contributed by atoms with Crippen molar-refractivity contribution < 1.29 is 0 Å². The summed E-state index contributed by atoms with van der Waals surface area (Å²) in [5.74, 6) is 0. The lowest BCUT2D eigenvalue weighted by molar-refractivity contribution is 0.132. The van der Waals surface area contributed by atoms with E-state index in [1.165, 1.54) is 66.4 Å². The monoisotopic (exact) mass is 473 g/mol. The van der Waals surface area contributed by atoms with E-state index in [0.29, 0.717) is 12.1 Å². The minimum atomic E-state index is 0.314. The van der Waals surface area contributed by atoms with Gasteiger partial charge in [-0.3, -0.25) is 10.0 Å². The van der Waals surface area contributed by atoms with E-state index in [9.17, 15) is 0 Å². The van der Waals surface area contributed by atoms with Gasteiger partial charge < -0.3 is 4.90 Å². The second-order valence-corrected chi connectivity index (χ2v) is 10.4. The van der Waals surface area contributed by atoms with E-state index in [2.05, 4.69) is 78.1 Å². The minimum absolute atomic E-state index is 0.314. The zero-order valence-electron chi connectivity index (χ0n) is 20.4. The fraction of sp³-hybridized carbons (Fsp3) is 0.400. The molecule has 2 N–H and O–H groups in total. The van der Waals surface area contributed by atoms with Crippen LogP contribution in [-0.2, 0) is 19.5 Å². The molecule has 3 nitrogen and oxygen atoms in total. The molecule has 4 rings (SSSR count). The van der Waals surface area contributed by atoms with Crippen LogP contribution in [0.4, 0.5) is 0 Å². The van der Waals surface area contributed by atoms with Crippen LogP contribution in [0, 0.1) is 0 Å². The van der Waals surface area contributed by atoms with Crippen molar-refractivity contribution in [2.75, 3.05) is 6.54 Å². The molecule has 4 heteroatoms. The Hall–Kier alpha value is -2.27. The number of aryl methyl sites for hydroxylation is 1. The molecule has 2 unspecified atom stereocenters. The van der Waals surface area contributed by atoms with Crippen molar-refractivity contribution in [3.63, 3.8) is 0 Å². The largest absolute Gasteiger partial charge is 0.361 e. The molecular weight excluding hydrogens is 434 g/mol. The third-order valence-corrected chi connectivity index (χ3v) is 8.01. The van der Waals surface area contributed by atoms with Crippen LogP contribution in [0.5, 0.6) is 0 Å². The van der Waals surface area contributed by atoms with Crippen molar-refractivity contribution in [2.45, 2.75) is 75.0 Å². The van der Waals surface area contributed by atoms with Crippen molar-refractivity contribution in [3.8, 4) is 0 Å². The van der Waals surface area contributed by atoms with Crippen molar-refractivity contribution in [1.29, 1.82) is 0 Å². The van der Waals surface area contributed by atoms with Gasteiger partial charge in [-0.25, -0.2) is 0 Å². The van der Waals surface area contributed by atoms with Gasteiger partial charge in [0.05, 0.1) is 0 Å². The van der Waals surface area contributed by atoms with E-state index >= 15 is 0 Å². The maximum Gasteiger partial charge on any atom is 0.0477 e. The number of allylic oxidation sites excluding steroid dienone is 1. The van der Waals surface area contributed by atoms with Crippen molar-refractivity contribution in [3.05, 3.63) is 96.6 Å². The third-order valence-electron chi connectivity index (χ3n) is 7.47. The van der Waals surface area contributed by atoms with Crippen LogP contribution in [-0.4, -0.2) is 28.4 Å². The second-order valence-electron chi connectivity index (χ2n) is 9.66. The van der Waals surface area contributed by atoms with E-state index in [0.717, 1.165) is 42.9 Å². The number of likely N-dealkylation sites (tertiary alicyclic amines) is 1. The number of piperidine rings is 1. The molecule has 2 heterocycles. The fourth-order valence-electron chi connectivity index (χ4n) is 5.49. The molecule has 0 bridgehead atoms. The van der Waals surface area contributed by atoms with Gasteiger partial charge in [0.25, 0.3) is 0 Å². The number of hydrogen-bond donors (Lipinski definition) is 1. The molecule has 1 saturated heterocycles. The standard InChI is InChI=1S/C30H39N3S/c1-4-6-9-27(5-2)33-22-26-20-24(14-18-30(26)23(33)3)11-15-28-10-7-8-19-32(28)21-25-12-16-29(34-31)17-13-25/h4-5,12-14,16-18,20,27-28H,1-3,6-11,15,19,21-22,31H2. The Bertz CT molecular complexity index is 997. The number of hydrogen-bond acceptors (Lipinski definition) is 4. The Morgan fingerprint density at radius 1 is 1.09 bits per heavy atom. The van der Waals surface area contributed by atoms with Crippen LogP contribution in [0.1, 0.15) is 60.8 Å². The molecule has 0 aromatic heterocycles. The Kier molecular flexibility index (Phi) is 8.71. The molecule has 2 aromatic rings. The zero-order chi connectivity index (χ0) is 23.9. The lowest BCUT2D eigenvalue weighted by Crippen LogP contribution is -2.39. The number of nitrogens with zero attached hydrogens (tertiary/aromatic N) is 2. The Morgan fingerprint density at radius 3 is 2.62 bits per heavy atom. The van der Waals surface area contributed by atoms with Crippen LogP contribution < -0.4 is 5.14 Å². The molecule has 2 aliphatic heterocycles. The summed E-state index contributed by atoms with van der Waals surface area (Å²) in [5.41, 5.74) is 6.67. The Balaban J connectivity index is 1.38. The molecular formula is C30H39N3S. The Labute approximate surface area is 210 Å². The predicted octanol–water partition coefficient (Wildman–Crippen LogP) is 6.95. The van der Waals surface area contributed by atoms with E-state index in [1.54, 1.807) is 0 Å². The van der Waals surface area contributed by atoms with E-state index in [-0.39, 0.29) is 0 Å². The second kappa shape index (κ2) is 11.9. The predicted molar refractivity (Wildman–Crippen MR) is 147 cm³/mol. The van der Waals surface area contributed by atoms with Gasteiger partial charge >= 0.3 is 0 Å². The highest BCUT2D eigenvalue weighted by atomic mass is 32.2. The average Bonchev–Trinajstić information content (AvgIpc) is 3.20. The quantitative estimate of drug-likeness (QED) is 0.283. The van der Waals surface area contributed by atoms with Crippen LogP contribution >= 0.6 is 11.9 Å². The van der Waals surface area contributed by atoms with Crippen molar-refractivity contribution >= 4 is 17.6 Å². The van der Waals surface area contributed by atoms with Crippen LogP contribution in [0.25, 0.3) is 5.70 Å². The molecule has 2 atom stereocenters. The van der Waals surface area contributed by atoms with E-state index < -0.39 is 0 Å². The average molecular weight is 474 g/mol. The number of benzene rings is 2. The summed E-state index contributed by atoms with van der Waals surface area (Å²) in [6, 6.07) is 16.7. The summed E-state index contributed by atoms with van der Waals surface area (Å²) in [7, 11) is 0. The van der Waals surface area contributed by atoms with Crippen molar-refractivity contribution in [2.24, 2.45) is 5.14 Å². The van der Waals surface area contributed by atoms with Gasteiger partial charge in [0, 0.05) is 41.3 Å². The van der Waals surface area contributed by atoms with E-state index in [1.807, 2.05) is 6.08 Å². The lowest BCUT2D eigenvalue weighted by Gasteiger charge is -2.36. The molecule has 0 saturated carbocycles. The van der Waals surface area contributed by atoms with Gasteiger partial charge in [-0.05, 0) is 85.8 Å². The smallest absolute Gasteiger partial charge is 0.0477 e. The maximum atomic E-state index is 5.68. The topological polar surface area (TPSA) is 32.5 Å². The molecule has 0 amide bonds. The summed E-state index contributed by atoms with van der Waals surface area (Å²) in [6.45, 7) is 15.5. The van der Waals surface area contributed by atoms with Crippen molar-refractivity contribution in [1.82, 2.24) is 9.80 Å². The number of rotatable bonds is 11. The first-order valence-electron chi connectivity index (χ1n) is 12.6. The first kappa shape index (κ1) is 24.8. The number of nitrogens with two attached hydrogens (primary N) is 1. The maximum absolute atomic E-state index is 5.68. The SMILES string of the molecule is C=CCCC(C=C)N1Cc2cc(CCC3CCCCN3Cc3ccc(SN)cc3)ccc2C1=C. The molecule has 1 fully saturated rings. The van der Waals surface area contributed by atoms with Gasteiger partial charge in [0.1, 0.15) is 0 Å². The van der Waals surface area contributed by atoms with Gasteiger partial charge in [-0.2, -0.15) is 0 Å². The molecule has 2 aliphatic rings. The lowest BCUT2D eigenvalue weighted by atomic mass is 9.94. The van der Waals surface area contributed by atoms with Gasteiger partial charge in [0.15, 0.2) is 0 Å². The molecule has 2 aromatic carbocycles. The third kappa shape index (κ3) is 5.86. The summed E-state index contributed by atoms with van der Waals surface area (Å²) in [5, 5.41) is 5.68. The Morgan fingerprint density at radius 2 is 1.88 bits per heavy atom. The van der Waals surface area contributed by atoms with Gasteiger partial charge in [-0.1, -0.05) is 55.5 Å². The summed E-state index contributed by atoms with van der Waals surface area (Å²) < 4.78 is 0. The molecule has 0 aliphatic carbocycles. The summed E-state index contributed by atoms with van der Waals surface area (Å²) in [6.07, 6.45) is 12.4. The highest BCUT2D eigenvalue weighted by Gasteiger charge is 2.27. The number of fused-ring (bicyclic) bond motifs is 1. The highest BCUT2D eigenvalue weighted by Crippen LogP contribution is 2.35. The van der Waals surface area contributed by atoms with Crippen LogP contribution in [0.15, 0.2) is 79.2 Å². The first-order chi connectivity index (χ1) is 16.6. The highest BCUT2D eigenvalue weighted by molar-refractivity contribution is 7.97. The summed E-state index contributed by atoms with van der Waals surface area (Å²) in [4.78, 5) is 6.22. The molecule has 180 valence electrons. The zero-order valence-corrected chi connectivity index (χ0v) is 21.2. The van der Waals surface area contributed by atoms with Gasteiger partial charge in [-0.15, -0.1) is 13.2 Å². The molecule has 34 heavy (non-hydrogen) atoms. The fourth-order valence-corrected chi connectivity index (χ4v) is 5.79. The van der Waals surface area contributed by atoms with E-state index in [4.69, 9.17) is 5.14 Å². The van der Waals surface area contributed by atoms with Gasteiger partial charge in [0.2, 0.25) is 0 Å². The molecule has 0 radical (unpaired) electrons. The van der Waals surface area contributed by atoms with Crippen LogP contribution in [0.2, 0.25) is 0 Å². The summed E-state index contributed by atoms with van der Waals surface area (Å²) >= 11 is 1.31. The molecule has 0 spiro atoms. The normalized spacial score (nSPS) is 19.1. The minimum Gasteiger partial charge on any atom is -0.361 e. The first-order valence-corrected chi connectivity index (χ1v) is 13.5. The van der Waals surface area contributed by atoms with Crippen LogP contribution in [0.3, 0.4) is 0 Å².